The van der Waals surface area contributed by atoms with Gasteiger partial charge in [-0.15, -0.1) is 0 Å². The van der Waals surface area contributed by atoms with Crippen molar-refractivity contribution in [1.82, 2.24) is 20.3 Å². The number of hydrogen-bond acceptors (Lipinski definition) is 7. The van der Waals surface area contributed by atoms with Crippen molar-refractivity contribution < 1.29 is 9.52 Å². The highest BCUT2D eigenvalue weighted by atomic mass is 16.3. The molecule has 2 N–H and O–H groups in total. The van der Waals surface area contributed by atoms with Gasteiger partial charge < -0.3 is 19.7 Å². The van der Waals surface area contributed by atoms with Gasteiger partial charge in [0.2, 0.25) is 0 Å². The molecule has 7 nitrogen and oxygen atoms in total. The number of oxazole rings is 1. The number of aromatic hydroxyl groups is 1. The Morgan fingerprint density at radius 3 is 2.70 bits per heavy atom. The molecule has 4 aromatic rings. The number of nitrogens with zero attached hydrogens (tertiary/aromatic N) is 4. The number of phenolic OH excluding ortho intramolecular Hbond substituents is 1. The number of aryl methyl sites for hydroxylation is 1. The van der Waals surface area contributed by atoms with Crippen LogP contribution in [0.1, 0.15) is 26.2 Å². The summed E-state index contributed by atoms with van der Waals surface area (Å²) in [5.74, 6) is 1.68. The zero-order chi connectivity index (χ0) is 20.8. The summed E-state index contributed by atoms with van der Waals surface area (Å²) >= 11 is 0. The van der Waals surface area contributed by atoms with Crippen LogP contribution in [-0.2, 0) is 0 Å². The second-order valence-corrected chi connectivity index (χ2v) is 8.23. The van der Waals surface area contributed by atoms with Crippen molar-refractivity contribution >= 4 is 28.0 Å². The molecule has 0 bridgehead atoms. The molecule has 1 atom stereocenters. The Morgan fingerprint density at radius 2 is 1.87 bits per heavy atom. The Labute approximate surface area is 174 Å². The molecule has 1 aromatic carbocycles. The molecule has 7 heteroatoms. The summed E-state index contributed by atoms with van der Waals surface area (Å²) in [6.45, 7) is 8.11. The fraction of sp³-hybridized carbons (Fsp3) is 0.348. The maximum Gasteiger partial charge on any atom is 0.192 e. The zero-order valence-electron chi connectivity index (χ0n) is 17.4. The van der Waals surface area contributed by atoms with Crippen LogP contribution in [-0.4, -0.2) is 45.2 Å². The summed E-state index contributed by atoms with van der Waals surface area (Å²) in [6.07, 6.45) is 1.12. The molecule has 0 spiro atoms. The number of nitrogens with one attached hydrogen (secondary N) is 1. The van der Waals surface area contributed by atoms with Gasteiger partial charge in [0.15, 0.2) is 11.5 Å². The van der Waals surface area contributed by atoms with Gasteiger partial charge in [-0.3, -0.25) is 0 Å². The fourth-order valence-corrected chi connectivity index (χ4v) is 4.18. The highest BCUT2D eigenvalue weighted by Crippen LogP contribution is 2.33. The van der Waals surface area contributed by atoms with E-state index in [0.717, 1.165) is 36.4 Å². The standard InChI is InChI=1S/C23H25N5O2/c1-13(2)24-15-8-9-28(12-15)23-7-6-18-19(27-23)5-4-17(26-18)16-10-22-20(11-21(16)29)25-14(3)30-22/h4-7,10-11,13,15,24,29H,8-9,12H2,1-3H3/t15-/m0/s1. The lowest BCUT2D eigenvalue weighted by Gasteiger charge is -2.19. The number of benzene rings is 1. The molecule has 154 valence electrons. The summed E-state index contributed by atoms with van der Waals surface area (Å²) in [4.78, 5) is 16.1. The second-order valence-electron chi connectivity index (χ2n) is 8.23. The Balaban J connectivity index is 1.45. The van der Waals surface area contributed by atoms with Crippen LogP contribution in [0.5, 0.6) is 5.75 Å². The van der Waals surface area contributed by atoms with Gasteiger partial charge in [-0.2, -0.15) is 0 Å². The van der Waals surface area contributed by atoms with E-state index < -0.39 is 0 Å². The van der Waals surface area contributed by atoms with E-state index in [9.17, 15) is 5.11 Å². The molecule has 1 aliphatic heterocycles. The first kappa shape index (κ1) is 18.8. The van der Waals surface area contributed by atoms with Crippen molar-refractivity contribution in [3.63, 3.8) is 0 Å². The molecular formula is C23H25N5O2. The second kappa shape index (κ2) is 7.25. The molecule has 0 unspecified atom stereocenters. The van der Waals surface area contributed by atoms with E-state index in [4.69, 9.17) is 14.4 Å². The predicted octanol–water partition coefficient (Wildman–Crippen LogP) is 4.03. The first-order valence-corrected chi connectivity index (χ1v) is 10.4. The van der Waals surface area contributed by atoms with Crippen LogP contribution < -0.4 is 10.2 Å². The quantitative estimate of drug-likeness (QED) is 0.532. The summed E-state index contributed by atoms with van der Waals surface area (Å²) in [5, 5.41) is 14.1. The van der Waals surface area contributed by atoms with E-state index in [1.807, 2.05) is 24.3 Å². The molecule has 1 aliphatic rings. The lowest BCUT2D eigenvalue weighted by Crippen LogP contribution is -2.37. The highest BCUT2D eigenvalue weighted by molar-refractivity contribution is 5.86. The molecule has 30 heavy (non-hydrogen) atoms. The van der Waals surface area contributed by atoms with Gasteiger partial charge in [-0.1, -0.05) is 13.8 Å². The Hall–Kier alpha value is -3.19. The average molecular weight is 403 g/mol. The lowest BCUT2D eigenvalue weighted by molar-refractivity contribution is 0.477. The SMILES string of the molecule is Cc1nc2cc(O)c(-c3ccc4nc(N5CC[C@H](NC(C)C)C5)ccc4n3)cc2o1. The molecule has 1 saturated heterocycles. The normalized spacial score (nSPS) is 16.9. The molecule has 1 fully saturated rings. The van der Waals surface area contributed by atoms with E-state index in [0.29, 0.717) is 40.3 Å². The summed E-state index contributed by atoms with van der Waals surface area (Å²) in [6, 6.07) is 12.3. The predicted molar refractivity (Wildman–Crippen MR) is 118 cm³/mol. The number of fused-ring (bicyclic) bond motifs is 2. The Kier molecular flexibility index (Phi) is 4.55. The maximum atomic E-state index is 10.5. The van der Waals surface area contributed by atoms with Crippen molar-refractivity contribution in [2.45, 2.75) is 39.3 Å². The van der Waals surface area contributed by atoms with Gasteiger partial charge in [-0.25, -0.2) is 15.0 Å². The molecule has 0 aliphatic carbocycles. The highest BCUT2D eigenvalue weighted by Gasteiger charge is 2.24. The number of hydrogen-bond donors (Lipinski definition) is 2. The van der Waals surface area contributed by atoms with Gasteiger partial charge in [0.05, 0.1) is 16.7 Å². The van der Waals surface area contributed by atoms with Gasteiger partial charge in [0, 0.05) is 43.7 Å². The first-order chi connectivity index (χ1) is 14.5. The van der Waals surface area contributed by atoms with E-state index in [1.165, 1.54) is 0 Å². The van der Waals surface area contributed by atoms with Crippen LogP contribution in [0.2, 0.25) is 0 Å². The monoisotopic (exact) mass is 403 g/mol. The number of rotatable bonds is 4. The number of pyridine rings is 2. The summed E-state index contributed by atoms with van der Waals surface area (Å²) in [7, 11) is 0. The summed E-state index contributed by atoms with van der Waals surface area (Å²) < 4.78 is 5.60. The van der Waals surface area contributed by atoms with E-state index in [1.54, 1.807) is 19.1 Å². The third-order valence-electron chi connectivity index (χ3n) is 5.50. The van der Waals surface area contributed by atoms with Crippen LogP contribution in [0.3, 0.4) is 0 Å². The number of phenols is 1. The lowest BCUT2D eigenvalue weighted by atomic mass is 10.1. The molecule has 3 aromatic heterocycles. The average Bonchev–Trinajstić information content (AvgIpc) is 3.31. The van der Waals surface area contributed by atoms with Gasteiger partial charge >= 0.3 is 0 Å². The fourth-order valence-electron chi connectivity index (χ4n) is 4.18. The van der Waals surface area contributed by atoms with Crippen LogP contribution in [0.25, 0.3) is 33.4 Å². The van der Waals surface area contributed by atoms with Crippen LogP contribution >= 0.6 is 0 Å². The smallest absolute Gasteiger partial charge is 0.192 e. The topological polar surface area (TPSA) is 87.3 Å². The number of aromatic nitrogens is 3. The van der Waals surface area contributed by atoms with E-state index in [2.05, 4.69) is 29.0 Å². The third kappa shape index (κ3) is 3.45. The minimum atomic E-state index is 0.132. The Bertz CT molecular complexity index is 1230. The van der Waals surface area contributed by atoms with Crippen molar-refractivity contribution in [1.29, 1.82) is 0 Å². The van der Waals surface area contributed by atoms with Crippen molar-refractivity contribution in [3.05, 3.63) is 42.3 Å². The molecule has 0 radical (unpaired) electrons. The van der Waals surface area contributed by atoms with Crippen molar-refractivity contribution in [3.8, 4) is 17.0 Å². The Morgan fingerprint density at radius 1 is 1.07 bits per heavy atom. The van der Waals surface area contributed by atoms with Crippen LogP contribution in [0.4, 0.5) is 5.82 Å². The minimum absolute atomic E-state index is 0.132. The van der Waals surface area contributed by atoms with Gasteiger partial charge in [-0.05, 0) is 36.8 Å². The third-order valence-corrected chi connectivity index (χ3v) is 5.50. The molecule has 4 heterocycles. The van der Waals surface area contributed by atoms with E-state index >= 15 is 0 Å². The van der Waals surface area contributed by atoms with Crippen molar-refractivity contribution in [2.75, 3.05) is 18.0 Å². The summed E-state index contributed by atoms with van der Waals surface area (Å²) in [5.41, 5.74) is 4.19. The molecular weight excluding hydrogens is 378 g/mol. The van der Waals surface area contributed by atoms with Gasteiger partial charge in [0.25, 0.3) is 0 Å². The van der Waals surface area contributed by atoms with Gasteiger partial charge in [0.1, 0.15) is 17.1 Å². The largest absolute Gasteiger partial charge is 0.507 e. The molecule has 0 saturated carbocycles. The van der Waals surface area contributed by atoms with E-state index in [-0.39, 0.29) is 5.75 Å². The minimum Gasteiger partial charge on any atom is -0.507 e. The number of anilines is 1. The molecule has 5 rings (SSSR count). The van der Waals surface area contributed by atoms with Crippen molar-refractivity contribution in [2.24, 2.45) is 0 Å². The van der Waals surface area contributed by atoms with Crippen LogP contribution in [0, 0.1) is 6.92 Å². The first-order valence-electron chi connectivity index (χ1n) is 10.4. The molecule has 0 amide bonds. The maximum absolute atomic E-state index is 10.5. The van der Waals surface area contributed by atoms with Crippen LogP contribution in [0.15, 0.2) is 40.8 Å². The zero-order valence-corrected chi connectivity index (χ0v) is 17.4.